The van der Waals surface area contributed by atoms with Crippen LogP contribution in [0.4, 0.5) is 0 Å². The van der Waals surface area contributed by atoms with E-state index in [1.54, 1.807) is 0 Å². The summed E-state index contributed by atoms with van der Waals surface area (Å²) in [5, 5.41) is 0. The molecule has 2 rings (SSSR count). The first-order valence-corrected chi connectivity index (χ1v) is 7.20. The summed E-state index contributed by atoms with van der Waals surface area (Å²) in [4.78, 5) is 11.1. The highest BCUT2D eigenvalue weighted by Gasteiger charge is 2.30. The van der Waals surface area contributed by atoms with Crippen LogP contribution in [-0.4, -0.2) is 10.9 Å². The maximum absolute atomic E-state index is 11.1. The van der Waals surface area contributed by atoms with Crippen molar-refractivity contribution in [1.82, 2.24) is 4.57 Å². The Morgan fingerprint density at radius 3 is 2.50 bits per heavy atom. The van der Waals surface area contributed by atoms with Crippen molar-refractivity contribution in [2.45, 2.75) is 59.4 Å². The predicted molar refractivity (Wildman–Crippen MR) is 75.1 cm³/mol. The van der Waals surface area contributed by atoms with Gasteiger partial charge < -0.3 is 4.57 Å². The largest absolute Gasteiger partial charge is 0.345 e. The maximum Gasteiger partial charge on any atom is 0.151 e. The topological polar surface area (TPSA) is 22.0 Å². The van der Waals surface area contributed by atoms with Crippen LogP contribution >= 0.6 is 0 Å². The summed E-state index contributed by atoms with van der Waals surface area (Å²) in [5.41, 5.74) is 3.26. The Bertz CT molecular complexity index is 431. The van der Waals surface area contributed by atoms with E-state index in [9.17, 15) is 4.79 Å². The van der Waals surface area contributed by atoms with Crippen LogP contribution in [0.5, 0.6) is 0 Å². The van der Waals surface area contributed by atoms with Gasteiger partial charge in [-0.1, -0.05) is 26.7 Å². The highest BCUT2D eigenvalue weighted by atomic mass is 16.1. The fourth-order valence-electron chi connectivity index (χ4n) is 3.67. The predicted octanol–water partition coefficient (Wildman–Crippen LogP) is 4.30. The van der Waals surface area contributed by atoms with Gasteiger partial charge in [0, 0.05) is 23.0 Å². The number of hydrogen-bond donors (Lipinski definition) is 0. The second kappa shape index (κ2) is 5.29. The molecule has 2 nitrogen and oxygen atoms in total. The minimum atomic E-state index is 0.590. The van der Waals surface area contributed by atoms with E-state index in [0.717, 1.165) is 29.4 Å². The van der Waals surface area contributed by atoms with Crippen LogP contribution in [0.15, 0.2) is 6.07 Å². The Labute approximate surface area is 110 Å². The summed E-state index contributed by atoms with van der Waals surface area (Å²) < 4.78 is 2.42. The van der Waals surface area contributed by atoms with Crippen molar-refractivity contribution in [3.63, 3.8) is 0 Å². The van der Waals surface area contributed by atoms with Crippen molar-refractivity contribution in [2.24, 2.45) is 11.8 Å². The average molecular weight is 247 g/mol. The highest BCUT2D eigenvalue weighted by molar-refractivity contribution is 5.77. The van der Waals surface area contributed by atoms with Crippen LogP contribution < -0.4 is 0 Å². The van der Waals surface area contributed by atoms with Gasteiger partial charge in [-0.3, -0.25) is 4.79 Å². The summed E-state index contributed by atoms with van der Waals surface area (Å²) in [6, 6.07) is 2.63. The number of carbonyl (C=O) groups is 1. The molecule has 2 heteroatoms. The van der Waals surface area contributed by atoms with Crippen molar-refractivity contribution in [1.29, 1.82) is 0 Å². The van der Waals surface area contributed by atoms with Gasteiger partial charge in [-0.2, -0.15) is 0 Å². The minimum absolute atomic E-state index is 0.590. The van der Waals surface area contributed by atoms with E-state index in [1.807, 2.05) is 6.07 Å². The number of hydrogen-bond acceptors (Lipinski definition) is 1. The van der Waals surface area contributed by atoms with Crippen molar-refractivity contribution in [3.8, 4) is 0 Å². The Morgan fingerprint density at radius 1 is 1.28 bits per heavy atom. The second-order valence-electron chi connectivity index (χ2n) is 6.07. The van der Waals surface area contributed by atoms with Crippen molar-refractivity contribution < 1.29 is 4.79 Å². The zero-order valence-corrected chi connectivity index (χ0v) is 12.1. The molecule has 100 valence electrons. The SMILES string of the molecule is Cc1cc(C=O)c(C)n1C1CCCCC1C(C)C. The number of aryl methyl sites for hydroxylation is 1. The third kappa shape index (κ3) is 2.25. The average Bonchev–Trinajstić information content (AvgIpc) is 2.64. The van der Waals surface area contributed by atoms with Gasteiger partial charge in [-0.15, -0.1) is 0 Å². The third-order valence-electron chi connectivity index (χ3n) is 4.62. The first-order valence-electron chi connectivity index (χ1n) is 7.20. The number of aromatic nitrogens is 1. The molecule has 2 atom stereocenters. The molecule has 2 unspecified atom stereocenters. The third-order valence-corrected chi connectivity index (χ3v) is 4.62. The van der Waals surface area contributed by atoms with Gasteiger partial charge in [0.25, 0.3) is 0 Å². The lowest BCUT2D eigenvalue weighted by Crippen LogP contribution is -2.28. The summed E-state index contributed by atoms with van der Waals surface area (Å²) in [6.45, 7) is 8.88. The van der Waals surface area contributed by atoms with Crippen molar-refractivity contribution in [3.05, 3.63) is 23.0 Å². The molecule has 0 amide bonds. The van der Waals surface area contributed by atoms with Gasteiger partial charge in [0.1, 0.15) is 0 Å². The number of carbonyl (C=O) groups excluding carboxylic acids is 1. The molecule has 0 N–H and O–H groups in total. The molecule has 1 aromatic rings. The normalized spacial score (nSPS) is 24.5. The van der Waals surface area contributed by atoms with E-state index in [-0.39, 0.29) is 0 Å². The van der Waals surface area contributed by atoms with Gasteiger partial charge in [-0.25, -0.2) is 0 Å². The molecular weight excluding hydrogens is 222 g/mol. The molecular formula is C16H25NO. The molecule has 0 radical (unpaired) electrons. The highest BCUT2D eigenvalue weighted by Crippen LogP contribution is 2.40. The van der Waals surface area contributed by atoms with Crippen molar-refractivity contribution >= 4 is 6.29 Å². The van der Waals surface area contributed by atoms with E-state index in [1.165, 1.54) is 31.4 Å². The lowest BCUT2D eigenvalue weighted by molar-refractivity contribution is 0.112. The minimum Gasteiger partial charge on any atom is -0.345 e. The fraction of sp³-hybridized carbons (Fsp3) is 0.688. The molecule has 0 spiro atoms. The molecule has 1 aromatic heterocycles. The van der Waals surface area contributed by atoms with E-state index in [4.69, 9.17) is 0 Å². The van der Waals surface area contributed by atoms with Crippen LogP contribution in [0.2, 0.25) is 0 Å². The molecule has 18 heavy (non-hydrogen) atoms. The van der Waals surface area contributed by atoms with Crippen LogP contribution in [0.3, 0.4) is 0 Å². The smallest absolute Gasteiger partial charge is 0.151 e. The molecule has 0 bridgehead atoms. The quantitative estimate of drug-likeness (QED) is 0.730. The van der Waals surface area contributed by atoms with E-state index in [2.05, 4.69) is 32.3 Å². The Balaban J connectivity index is 2.39. The number of nitrogens with zero attached hydrogens (tertiary/aromatic N) is 1. The number of rotatable bonds is 3. The Hall–Kier alpha value is -1.05. The molecule has 0 saturated heterocycles. The summed E-state index contributed by atoms with van der Waals surface area (Å²) in [5.74, 6) is 1.47. The van der Waals surface area contributed by atoms with Gasteiger partial charge in [0.15, 0.2) is 6.29 Å². The monoisotopic (exact) mass is 247 g/mol. The van der Waals surface area contributed by atoms with Gasteiger partial charge in [0.2, 0.25) is 0 Å². The molecule has 0 aromatic carbocycles. The van der Waals surface area contributed by atoms with Crippen LogP contribution in [-0.2, 0) is 0 Å². The molecule has 1 heterocycles. The van der Waals surface area contributed by atoms with Gasteiger partial charge in [0.05, 0.1) is 0 Å². The number of aldehydes is 1. The van der Waals surface area contributed by atoms with Crippen molar-refractivity contribution in [2.75, 3.05) is 0 Å². The van der Waals surface area contributed by atoms with E-state index in [0.29, 0.717) is 6.04 Å². The van der Waals surface area contributed by atoms with E-state index < -0.39 is 0 Å². The first-order chi connectivity index (χ1) is 8.56. The fourth-order valence-corrected chi connectivity index (χ4v) is 3.67. The lowest BCUT2D eigenvalue weighted by Gasteiger charge is -2.37. The molecule has 0 aliphatic heterocycles. The molecule has 1 saturated carbocycles. The first kappa shape index (κ1) is 13.4. The Morgan fingerprint density at radius 2 is 1.94 bits per heavy atom. The van der Waals surface area contributed by atoms with E-state index >= 15 is 0 Å². The Kier molecular flexibility index (Phi) is 3.94. The van der Waals surface area contributed by atoms with Gasteiger partial charge >= 0.3 is 0 Å². The summed E-state index contributed by atoms with van der Waals surface area (Å²) in [6.07, 6.45) is 6.26. The standard InChI is InChI=1S/C16H25NO/c1-11(2)15-7-5-6-8-16(15)17-12(3)9-14(10-18)13(17)4/h9-11,15-16H,5-8H2,1-4H3. The van der Waals surface area contributed by atoms with Crippen LogP contribution in [0.25, 0.3) is 0 Å². The summed E-state index contributed by atoms with van der Waals surface area (Å²) >= 11 is 0. The van der Waals surface area contributed by atoms with Crippen LogP contribution in [0.1, 0.15) is 67.3 Å². The van der Waals surface area contributed by atoms with Gasteiger partial charge in [-0.05, 0) is 44.6 Å². The second-order valence-corrected chi connectivity index (χ2v) is 6.07. The summed E-state index contributed by atoms with van der Waals surface area (Å²) in [7, 11) is 0. The maximum atomic E-state index is 11.1. The van der Waals surface area contributed by atoms with Crippen LogP contribution in [0, 0.1) is 25.7 Å². The molecule has 1 aliphatic carbocycles. The molecule has 1 fully saturated rings. The molecule has 1 aliphatic rings. The lowest BCUT2D eigenvalue weighted by atomic mass is 9.77. The zero-order chi connectivity index (χ0) is 13.3. The zero-order valence-electron chi connectivity index (χ0n) is 12.1.